The molecule has 0 radical (unpaired) electrons. The molecule has 0 unspecified atom stereocenters. The summed E-state index contributed by atoms with van der Waals surface area (Å²) in [5.41, 5.74) is 1.90. The fourth-order valence-corrected chi connectivity index (χ4v) is 1.72. The van der Waals surface area contributed by atoms with Gasteiger partial charge in [-0.3, -0.25) is 4.68 Å². The van der Waals surface area contributed by atoms with E-state index in [0.717, 1.165) is 24.2 Å². The highest BCUT2D eigenvalue weighted by atomic mass is 19.1. The minimum atomic E-state index is -0.129. The Labute approximate surface area is 100 Å². The second-order valence-corrected chi connectivity index (χ2v) is 4.04. The first-order valence-electron chi connectivity index (χ1n) is 5.67. The second kappa shape index (κ2) is 5.59. The van der Waals surface area contributed by atoms with E-state index in [0.29, 0.717) is 6.42 Å². The Morgan fingerprint density at radius 1 is 1.35 bits per heavy atom. The Morgan fingerprint density at radius 2 is 2.18 bits per heavy atom. The molecule has 3 nitrogen and oxygen atoms in total. The standard InChI is InChI=1S/C13H16FN3/c1-17-10-11(9-16-17)8-15-7-6-12-4-2-3-5-13(12)14/h2-5,9-10,15H,6-8H2,1H3. The molecule has 0 saturated carbocycles. The number of hydrogen-bond donors (Lipinski definition) is 1. The zero-order valence-electron chi connectivity index (χ0n) is 9.86. The highest BCUT2D eigenvalue weighted by Crippen LogP contribution is 2.06. The van der Waals surface area contributed by atoms with Crippen molar-refractivity contribution in [3.8, 4) is 0 Å². The van der Waals surface area contributed by atoms with Crippen LogP contribution in [0.15, 0.2) is 36.7 Å². The summed E-state index contributed by atoms with van der Waals surface area (Å²) in [5, 5.41) is 7.36. The minimum absolute atomic E-state index is 0.129. The molecule has 4 heteroatoms. The van der Waals surface area contributed by atoms with Gasteiger partial charge in [-0.15, -0.1) is 0 Å². The van der Waals surface area contributed by atoms with Gasteiger partial charge in [-0.05, 0) is 24.6 Å². The van der Waals surface area contributed by atoms with Crippen LogP contribution in [-0.4, -0.2) is 16.3 Å². The van der Waals surface area contributed by atoms with Crippen molar-refractivity contribution in [3.05, 3.63) is 53.6 Å². The maximum Gasteiger partial charge on any atom is 0.126 e. The Morgan fingerprint density at radius 3 is 2.88 bits per heavy atom. The molecular weight excluding hydrogens is 217 g/mol. The van der Waals surface area contributed by atoms with Gasteiger partial charge in [0.05, 0.1) is 6.20 Å². The molecule has 1 heterocycles. The molecule has 0 spiro atoms. The molecule has 0 aliphatic rings. The van der Waals surface area contributed by atoms with Gasteiger partial charge in [0.2, 0.25) is 0 Å². The summed E-state index contributed by atoms with van der Waals surface area (Å²) in [6.45, 7) is 1.53. The van der Waals surface area contributed by atoms with Crippen LogP contribution in [-0.2, 0) is 20.0 Å². The van der Waals surface area contributed by atoms with E-state index < -0.39 is 0 Å². The van der Waals surface area contributed by atoms with Crippen molar-refractivity contribution in [2.75, 3.05) is 6.54 Å². The van der Waals surface area contributed by atoms with Gasteiger partial charge in [0.15, 0.2) is 0 Å². The SMILES string of the molecule is Cn1cc(CNCCc2ccccc2F)cn1. The maximum atomic E-state index is 13.3. The molecule has 0 bridgehead atoms. The number of halogens is 1. The van der Waals surface area contributed by atoms with Crippen molar-refractivity contribution in [2.45, 2.75) is 13.0 Å². The molecule has 2 aromatic rings. The molecule has 1 aromatic heterocycles. The van der Waals surface area contributed by atoms with Crippen molar-refractivity contribution in [3.63, 3.8) is 0 Å². The largest absolute Gasteiger partial charge is 0.312 e. The first-order valence-corrected chi connectivity index (χ1v) is 5.67. The van der Waals surface area contributed by atoms with Gasteiger partial charge in [-0.1, -0.05) is 18.2 Å². The van der Waals surface area contributed by atoms with Crippen LogP contribution in [0.1, 0.15) is 11.1 Å². The molecule has 17 heavy (non-hydrogen) atoms. The third-order valence-electron chi connectivity index (χ3n) is 2.62. The van der Waals surface area contributed by atoms with Crippen molar-refractivity contribution in [1.82, 2.24) is 15.1 Å². The topological polar surface area (TPSA) is 29.9 Å². The Bertz CT molecular complexity index is 479. The van der Waals surface area contributed by atoms with E-state index in [1.165, 1.54) is 6.07 Å². The normalized spacial score (nSPS) is 10.7. The number of nitrogens with one attached hydrogen (secondary N) is 1. The number of hydrogen-bond acceptors (Lipinski definition) is 2. The van der Waals surface area contributed by atoms with Crippen molar-refractivity contribution >= 4 is 0 Å². The predicted molar refractivity (Wildman–Crippen MR) is 65.0 cm³/mol. The summed E-state index contributed by atoms with van der Waals surface area (Å²) in [6.07, 6.45) is 4.50. The van der Waals surface area contributed by atoms with Crippen molar-refractivity contribution in [2.24, 2.45) is 7.05 Å². The summed E-state index contributed by atoms with van der Waals surface area (Å²) >= 11 is 0. The number of benzene rings is 1. The van der Waals surface area contributed by atoms with E-state index in [4.69, 9.17) is 0 Å². The Kier molecular flexibility index (Phi) is 3.88. The zero-order chi connectivity index (χ0) is 12.1. The van der Waals surface area contributed by atoms with Crippen LogP contribution >= 0.6 is 0 Å². The average molecular weight is 233 g/mol. The highest BCUT2D eigenvalue weighted by molar-refractivity contribution is 5.17. The molecule has 0 amide bonds. The van der Waals surface area contributed by atoms with Crippen LogP contribution in [0.5, 0.6) is 0 Å². The Hall–Kier alpha value is -1.68. The van der Waals surface area contributed by atoms with Crippen LogP contribution < -0.4 is 5.32 Å². The quantitative estimate of drug-likeness (QED) is 0.799. The minimum Gasteiger partial charge on any atom is -0.312 e. The highest BCUT2D eigenvalue weighted by Gasteiger charge is 2.00. The number of rotatable bonds is 5. The third-order valence-corrected chi connectivity index (χ3v) is 2.62. The van der Waals surface area contributed by atoms with E-state index >= 15 is 0 Å². The second-order valence-electron chi connectivity index (χ2n) is 4.04. The smallest absolute Gasteiger partial charge is 0.126 e. The predicted octanol–water partition coefficient (Wildman–Crippen LogP) is 1.89. The van der Waals surface area contributed by atoms with Crippen LogP contribution in [0, 0.1) is 5.82 Å². The summed E-state index contributed by atoms with van der Waals surface area (Å²) in [4.78, 5) is 0. The maximum absolute atomic E-state index is 13.3. The van der Waals surface area contributed by atoms with Crippen LogP contribution in [0.25, 0.3) is 0 Å². The molecule has 0 atom stereocenters. The zero-order valence-corrected chi connectivity index (χ0v) is 9.86. The summed E-state index contributed by atoms with van der Waals surface area (Å²) in [7, 11) is 1.89. The van der Waals surface area contributed by atoms with Crippen LogP contribution in [0.2, 0.25) is 0 Å². The summed E-state index contributed by atoms with van der Waals surface area (Å²) in [5.74, 6) is -0.129. The van der Waals surface area contributed by atoms with Gasteiger partial charge in [-0.2, -0.15) is 5.10 Å². The lowest BCUT2D eigenvalue weighted by molar-refractivity contribution is 0.598. The lowest BCUT2D eigenvalue weighted by Crippen LogP contribution is -2.16. The van der Waals surface area contributed by atoms with Gasteiger partial charge in [0.25, 0.3) is 0 Å². The van der Waals surface area contributed by atoms with E-state index in [9.17, 15) is 4.39 Å². The van der Waals surface area contributed by atoms with E-state index in [2.05, 4.69) is 10.4 Å². The van der Waals surface area contributed by atoms with Gasteiger partial charge >= 0.3 is 0 Å². The van der Waals surface area contributed by atoms with Gasteiger partial charge < -0.3 is 5.32 Å². The van der Waals surface area contributed by atoms with Gasteiger partial charge in [0.1, 0.15) is 5.82 Å². The molecule has 2 rings (SSSR count). The van der Waals surface area contributed by atoms with E-state index in [-0.39, 0.29) is 5.82 Å². The molecule has 0 aliphatic carbocycles. The molecule has 1 N–H and O–H groups in total. The van der Waals surface area contributed by atoms with Crippen molar-refractivity contribution < 1.29 is 4.39 Å². The summed E-state index contributed by atoms with van der Waals surface area (Å²) < 4.78 is 15.1. The Balaban J connectivity index is 1.75. The monoisotopic (exact) mass is 233 g/mol. The van der Waals surface area contributed by atoms with Gasteiger partial charge in [0, 0.05) is 25.4 Å². The van der Waals surface area contributed by atoms with Crippen LogP contribution in [0.3, 0.4) is 0 Å². The lowest BCUT2D eigenvalue weighted by atomic mass is 10.1. The van der Waals surface area contributed by atoms with E-state index in [1.807, 2.05) is 31.6 Å². The van der Waals surface area contributed by atoms with Crippen molar-refractivity contribution in [1.29, 1.82) is 0 Å². The fraction of sp³-hybridized carbons (Fsp3) is 0.308. The van der Waals surface area contributed by atoms with Crippen LogP contribution in [0.4, 0.5) is 4.39 Å². The average Bonchev–Trinajstić information content (AvgIpc) is 2.73. The molecule has 0 fully saturated rings. The lowest BCUT2D eigenvalue weighted by Gasteiger charge is -2.04. The molecule has 0 aliphatic heterocycles. The van der Waals surface area contributed by atoms with E-state index in [1.54, 1.807) is 10.7 Å². The molecule has 0 saturated heterocycles. The summed E-state index contributed by atoms with van der Waals surface area (Å²) in [6, 6.07) is 6.89. The fourth-order valence-electron chi connectivity index (χ4n) is 1.72. The number of nitrogens with zero attached hydrogens (tertiary/aromatic N) is 2. The molecule has 1 aromatic carbocycles. The number of aromatic nitrogens is 2. The first-order chi connectivity index (χ1) is 8.25. The molecular formula is C13H16FN3. The number of aryl methyl sites for hydroxylation is 1. The van der Waals surface area contributed by atoms with Gasteiger partial charge in [-0.25, -0.2) is 4.39 Å². The first kappa shape index (κ1) is 11.8. The third kappa shape index (κ3) is 3.39. The molecule has 90 valence electrons.